The van der Waals surface area contributed by atoms with Crippen LogP contribution in [0.4, 0.5) is 4.39 Å². The van der Waals surface area contributed by atoms with Crippen LogP contribution in [-0.4, -0.2) is 4.98 Å². The summed E-state index contributed by atoms with van der Waals surface area (Å²) in [5, 5.41) is 1.60. The quantitative estimate of drug-likeness (QED) is 0.630. The van der Waals surface area contributed by atoms with Gasteiger partial charge in [0, 0.05) is 28.0 Å². The van der Waals surface area contributed by atoms with Crippen LogP contribution in [0.5, 0.6) is 5.75 Å². The standard InChI is InChI=1S/C17H13BrFNO/c18-10-13-5-2-8-15(19)17(13)21-11-14-6-1-4-12-7-3-9-20-16(12)14/h1-9H,10-11H2. The Morgan fingerprint density at radius 3 is 2.62 bits per heavy atom. The fourth-order valence-electron chi connectivity index (χ4n) is 2.25. The number of alkyl halides is 1. The molecule has 0 saturated carbocycles. The molecule has 106 valence electrons. The molecule has 0 fully saturated rings. The summed E-state index contributed by atoms with van der Waals surface area (Å²) in [4.78, 5) is 4.38. The maximum atomic E-state index is 13.9. The van der Waals surface area contributed by atoms with Crippen molar-refractivity contribution in [2.75, 3.05) is 0 Å². The van der Waals surface area contributed by atoms with Gasteiger partial charge in [-0.15, -0.1) is 0 Å². The van der Waals surface area contributed by atoms with Crippen LogP contribution in [0.1, 0.15) is 11.1 Å². The van der Waals surface area contributed by atoms with Gasteiger partial charge >= 0.3 is 0 Å². The van der Waals surface area contributed by atoms with E-state index in [1.54, 1.807) is 12.3 Å². The van der Waals surface area contributed by atoms with Crippen LogP contribution in [0.3, 0.4) is 0 Å². The minimum atomic E-state index is -0.347. The zero-order valence-electron chi connectivity index (χ0n) is 11.2. The van der Waals surface area contributed by atoms with Crippen LogP contribution < -0.4 is 4.74 Å². The Morgan fingerprint density at radius 1 is 1.00 bits per heavy atom. The smallest absolute Gasteiger partial charge is 0.165 e. The first kappa shape index (κ1) is 14.0. The number of halogens is 2. The van der Waals surface area contributed by atoms with E-state index in [1.807, 2.05) is 36.4 Å². The molecule has 0 bridgehead atoms. The molecule has 0 unspecified atom stereocenters. The highest BCUT2D eigenvalue weighted by Gasteiger charge is 2.10. The van der Waals surface area contributed by atoms with Crippen LogP contribution in [-0.2, 0) is 11.9 Å². The number of fused-ring (bicyclic) bond motifs is 1. The molecular weight excluding hydrogens is 333 g/mol. The number of ether oxygens (including phenoxy) is 1. The van der Waals surface area contributed by atoms with Gasteiger partial charge in [-0.2, -0.15) is 0 Å². The molecule has 1 heterocycles. The van der Waals surface area contributed by atoms with Crippen molar-refractivity contribution in [2.24, 2.45) is 0 Å². The number of aromatic nitrogens is 1. The van der Waals surface area contributed by atoms with Gasteiger partial charge in [0.25, 0.3) is 0 Å². The molecule has 2 nitrogen and oxygen atoms in total. The molecule has 21 heavy (non-hydrogen) atoms. The van der Waals surface area contributed by atoms with Gasteiger partial charge in [-0.25, -0.2) is 4.39 Å². The van der Waals surface area contributed by atoms with Crippen molar-refractivity contribution in [1.29, 1.82) is 0 Å². The van der Waals surface area contributed by atoms with Gasteiger partial charge in [0.15, 0.2) is 11.6 Å². The van der Waals surface area contributed by atoms with Crippen molar-refractivity contribution in [1.82, 2.24) is 4.98 Å². The minimum absolute atomic E-state index is 0.287. The highest BCUT2D eigenvalue weighted by Crippen LogP contribution is 2.26. The summed E-state index contributed by atoms with van der Waals surface area (Å²) in [5.41, 5.74) is 2.62. The normalized spacial score (nSPS) is 10.8. The second kappa shape index (κ2) is 6.22. The van der Waals surface area contributed by atoms with E-state index < -0.39 is 0 Å². The first-order chi connectivity index (χ1) is 10.3. The molecule has 0 saturated heterocycles. The summed E-state index contributed by atoms with van der Waals surface area (Å²) < 4.78 is 19.6. The average molecular weight is 346 g/mol. The number of hydrogen-bond donors (Lipinski definition) is 0. The fraction of sp³-hybridized carbons (Fsp3) is 0.118. The molecule has 3 aromatic rings. The van der Waals surface area contributed by atoms with Gasteiger partial charge in [-0.1, -0.05) is 52.3 Å². The van der Waals surface area contributed by atoms with Crippen LogP contribution in [0.2, 0.25) is 0 Å². The summed E-state index contributed by atoms with van der Waals surface area (Å²) in [6.45, 7) is 0.287. The number of nitrogens with zero attached hydrogens (tertiary/aromatic N) is 1. The lowest BCUT2D eigenvalue weighted by Gasteiger charge is -2.12. The van der Waals surface area contributed by atoms with E-state index in [0.29, 0.717) is 11.1 Å². The molecular formula is C17H13BrFNO. The van der Waals surface area contributed by atoms with Crippen LogP contribution in [0, 0.1) is 5.82 Å². The van der Waals surface area contributed by atoms with Crippen molar-refractivity contribution in [3.05, 3.63) is 71.7 Å². The van der Waals surface area contributed by atoms with Crippen LogP contribution in [0.15, 0.2) is 54.7 Å². The first-order valence-corrected chi connectivity index (χ1v) is 7.70. The Labute approximate surface area is 130 Å². The molecule has 0 N–H and O–H groups in total. The van der Waals surface area contributed by atoms with E-state index in [9.17, 15) is 4.39 Å². The van der Waals surface area contributed by atoms with E-state index in [-0.39, 0.29) is 12.4 Å². The van der Waals surface area contributed by atoms with E-state index in [1.165, 1.54) is 6.07 Å². The summed E-state index contributed by atoms with van der Waals surface area (Å²) in [6, 6.07) is 14.7. The first-order valence-electron chi connectivity index (χ1n) is 6.58. The van der Waals surface area contributed by atoms with Gasteiger partial charge in [-0.3, -0.25) is 4.98 Å². The average Bonchev–Trinajstić information content (AvgIpc) is 2.53. The number of rotatable bonds is 4. The van der Waals surface area contributed by atoms with E-state index in [4.69, 9.17) is 4.74 Å². The second-order valence-corrected chi connectivity index (χ2v) is 5.20. The summed E-state index contributed by atoms with van der Waals surface area (Å²) in [5.74, 6) is -0.0533. The number of para-hydroxylation sites is 2. The largest absolute Gasteiger partial charge is 0.485 e. The van der Waals surface area contributed by atoms with Gasteiger partial charge in [0.1, 0.15) is 6.61 Å². The van der Waals surface area contributed by atoms with Crippen molar-refractivity contribution in [3.63, 3.8) is 0 Å². The highest BCUT2D eigenvalue weighted by atomic mass is 79.9. The lowest BCUT2D eigenvalue weighted by Crippen LogP contribution is -2.01. The molecule has 0 amide bonds. The predicted molar refractivity (Wildman–Crippen MR) is 85.1 cm³/mol. The summed E-state index contributed by atoms with van der Waals surface area (Å²) in [6.07, 6.45) is 1.75. The monoisotopic (exact) mass is 345 g/mol. The van der Waals surface area contributed by atoms with Crippen LogP contribution >= 0.6 is 15.9 Å². The zero-order valence-corrected chi connectivity index (χ0v) is 12.8. The molecule has 0 aliphatic rings. The Hall–Kier alpha value is -1.94. The van der Waals surface area contributed by atoms with E-state index in [2.05, 4.69) is 20.9 Å². The third-order valence-corrected chi connectivity index (χ3v) is 3.88. The molecule has 0 aliphatic carbocycles. The van der Waals surface area contributed by atoms with Gasteiger partial charge < -0.3 is 4.74 Å². The highest BCUT2D eigenvalue weighted by molar-refractivity contribution is 9.08. The zero-order chi connectivity index (χ0) is 14.7. The maximum absolute atomic E-state index is 13.9. The van der Waals surface area contributed by atoms with Crippen LogP contribution in [0.25, 0.3) is 10.9 Å². The fourth-order valence-corrected chi connectivity index (χ4v) is 2.70. The SMILES string of the molecule is Fc1cccc(CBr)c1OCc1cccc2cccnc12. The molecule has 4 heteroatoms. The lowest BCUT2D eigenvalue weighted by molar-refractivity contribution is 0.289. The topological polar surface area (TPSA) is 22.1 Å². The number of benzene rings is 2. The lowest BCUT2D eigenvalue weighted by atomic mass is 10.1. The second-order valence-electron chi connectivity index (χ2n) is 4.64. The minimum Gasteiger partial charge on any atom is -0.485 e. The Morgan fingerprint density at radius 2 is 1.76 bits per heavy atom. The van der Waals surface area contributed by atoms with Crippen molar-refractivity contribution >= 4 is 26.8 Å². The maximum Gasteiger partial charge on any atom is 0.165 e. The summed E-state index contributed by atoms with van der Waals surface area (Å²) in [7, 11) is 0. The Balaban J connectivity index is 1.91. The third-order valence-electron chi connectivity index (χ3n) is 3.28. The number of pyridine rings is 1. The van der Waals surface area contributed by atoms with Crippen molar-refractivity contribution < 1.29 is 9.13 Å². The van der Waals surface area contributed by atoms with E-state index in [0.717, 1.165) is 22.0 Å². The Bertz CT molecular complexity index is 770. The van der Waals surface area contributed by atoms with Gasteiger partial charge in [0.2, 0.25) is 0 Å². The number of hydrogen-bond acceptors (Lipinski definition) is 2. The molecule has 0 spiro atoms. The molecule has 0 radical (unpaired) electrons. The molecule has 3 rings (SSSR count). The molecule has 2 aromatic carbocycles. The Kier molecular flexibility index (Phi) is 4.15. The van der Waals surface area contributed by atoms with Crippen molar-refractivity contribution in [2.45, 2.75) is 11.9 Å². The predicted octanol–water partition coefficient (Wildman–Crippen LogP) is 4.85. The van der Waals surface area contributed by atoms with E-state index >= 15 is 0 Å². The molecule has 0 aliphatic heterocycles. The van der Waals surface area contributed by atoms with Crippen molar-refractivity contribution in [3.8, 4) is 5.75 Å². The van der Waals surface area contributed by atoms with Gasteiger partial charge in [0.05, 0.1) is 5.52 Å². The third kappa shape index (κ3) is 2.90. The summed E-state index contributed by atoms with van der Waals surface area (Å²) >= 11 is 3.35. The molecule has 1 aromatic heterocycles. The molecule has 0 atom stereocenters. The van der Waals surface area contributed by atoms with Gasteiger partial charge in [-0.05, 0) is 12.1 Å².